The van der Waals surface area contributed by atoms with E-state index in [4.69, 9.17) is 10.8 Å². The van der Waals surface area contributed by atoms with E-state index in [0.717, 1.165) is 4.90 Å². The molecule has 0 bridgehead atoms. The first-order chi connectivity index (χ1) is 9.88. The van der Waals surface area contributed by atoms with Crippen molar-refractivity contribution in [3.63, 3.8) is 0 Å². The SMILES string of the molecule is NC(=O)CN(CC(=O)O)CC(=O)NNC(=O)c1cccs1. The summed E-state index contributed by atoms with van der Waals surface area (Å²) in [6.07, 6.45) is 0. The monoisotopic (exact) mass is 314 g/mol. The van der Waals surface area contributed by atoms with Gasteiger partial charge in [-0.2, -0.15) is 0 Å². The van der Waals surface area contributed by atoms with E-state index in [-0.39, 0.29) is 13.1 Å². The zero-order chi connectivity index (χ0) is 15.8. The molecule has 0 aliphatic carbocycles. The number of nitrogens with two attached hydrogens (primary N) is 1. The first-order valence-electron chi connectivity index (χ1n) is 5.73. The van der Waals surface area contributed by atoms with Crippen molar-refractivity contribution >= 4 is 35.0 Å². The van der Waals surface area contributed by atoms with Crippen LogP contribution >= 0.6 is 11.3 Å². The average molecular weight is 314 g/mol. The quantitative estimate of drug-likeness (QED) is 0.446. The molecule has 0 aliphatic rings. The Balaban J connectivity index is 2.44. The van der Waals surface area contributed by atoms with Gasteiger partial charge in [-0.3, -0.25) is 34.9 Å². The summed E-state index contributed by atoms with van der Waals surface area (Å²) >= 11 is 1.20. The first kappa shape index (κ1) is 16.6. The largest absolute Gasteiger partial charge is 0.480 e. The smallest absolute Gasteiger partial charge is 0.317 e. The van der Waals surface area contributed by atoms with E-state index in [1.165, 1.54) is 11.3 Å². The molecule has 0 saturated heterocycles. The summed E-state index contributed by atoms with van der Waals surface area (Å²) in [5, 5.41) is 10.4. The molecule has 21 heavy (non-hydrogen) atoms. The number of amides is 3. The molecule has 0 spiro atoms. The number of nitrogens with one attached hydrogen (secondary N) is 2. The van der Waals surface area contributed by atoms with Crippen LogP contribution in [0.2, 0.25) is 0 Å². The maximum atomic E-state index is 11.6. The van der Waals surface area contributed by atoms with E-state index >= 15 is 0 Å². The van der Waals surface area contributed by atoms with Gasteiger partial charge in [-0.05, 0) is 11.4 Å². The Morgan fingerprint density at radius 3 is 2.43 bits per heavy atom. The predicted molar refractivity (Wildman–Crippen MR) is 73.2 cm³/mol. The number of nitrogens with zero attached hydrogens (tertiary/aromatic N) is 1. The minimum Gasteiger partial charge on any atom is -0.480 e. The van der Waals surface area contributed by atoms with Crippen LogP contribution in [0, 0.1) is 0 Å². The molecule has 1 aromatic rings. The van der Waals surface area contributed by atoms with E-state index in [1.807, 2.05) is 0 Å². The third-order valence-electron chi connectivity index (χ3n) is 2.17. The molecule has 0 aliphatic heterocycles. The number of hydrogen-bond acceptors (Lipinski definition) is 6. The highest BCUT2D eigenvalue weighted by Gasteiger charge is 2.16. The zero-order valence-corrected chi connectivity index (χ0v) is 11.7. The Morgan fingerprint density at radius 2 is 1.90 bits per heavy atom. The summed E-state index contributed by atoms with van der Waals surface area (Å²) in [6, 6.07) is 3.26. The zero-order valence-electron chi connectivity index (χ0n) is 10.9. The van der Waals surface area contributed by atoms with Gasteiger partial charge in [0.1, 0.15) is 0 Å². The van der Waals surface area contributed by atoms with Crippen molar-refractivity contribution < 1.29 is 24.3 Å². The molecule has 10 heteroatoms. The molecule has 0 aromatic carbocycles. The number of rotatable bonds is 7. The lowest BCUT2D eigenvalue weighted by molar-refractivity contribution is -0.139. The van der Waals surface area contributed by atoms with Crippen molar-refractivity contribution in [1.82, 2.24) is 15.8 Å². The van der Waals surface area contributed by atoms with Gasteiger partial charge in [0.05, 0.1) is 24.5 Å². The van der Waals surface area contributed by atoms with Crippen molar-refractivity contribution in [3.05, 3.63) is 22.4 Å². The highest BCUT2D eigenvalue weighted by atomic mass is 32.1. The topological polar surface area (TPSA) is 142 Å². The van der Waals surface area contributed by atoms with E-state index < -0.39 is 30.2 Å². The fraction of sp³-hybridized carbons (Fsp3) is 0.273. The van der Waals surface area contributed by atoms with E-state index in [0.29, 0.717) is 4.88 Å². The van der Waals surface area contributed by atoms with Gasteiger partial charge < -0.3 is 10.8 Å². The lowest BCUT2D eigenvalue weighted by Crippen LogP contribution is -2.48. The molecule has 1 aromatic heterocycles. The molecule has 114 valence electrons. The number of carbonyl (C=O) groups excluding carboxylic acids is 3. The lowest BCUT2D eigenvalue weighted by Gasteiger charge is -2.17. The standard InChI is InChI=1S/C11H14N4O5S/c12-8(16)4-15(6-10(18)19)5-9(17)13-14-11(20)7-2-1-3-21-7/h1-3H,4-6H2,(H2,12,16)(H,13,17)(H,14,20)(H,18,19). The van der Waals surface area contributed by atoms with Crippen LogP contribution in [0.4, 0.5) is 0 Å². The Labute approximate surface area is 123 Å². The van der Waals surface area contributed by atoms with Crippen LogP contribution in [0.15, 0.2) is 17.5 Å². The van der Waals surface area contributed by atoms with Crippen LogP contribution < -0.4 is 16.6 Å². The van der Waals surface area contributed by atoms with Crippen molar-refractivity contribution in [2.45, 2.75) is 0 Å². The number of hydrogen-bond donors (Lipinski definition) is 4. The summed E-state index contributed by atoms with van der Waals surface area (Å²) in [5.41, 5.74) is 9.27. The summed E-state index contributed by atoms with van der Waals surface area (Å²) in [4.78, 5) is 46.0. The summed E-state index contributed by atoms with van der Waals surface area (Å²) < 4.78 is 0. The maximum Gasteiger partial charge on any atom is 0.317 e. The lowest BCUT2D eigenvalue weighted by atomic mass is 10.4. The normalized spacial score (nSPS) is 10.1. The second-order valence-corrected chi connectivity index (χ2v) is 4.93. The fourth-order valence-corrected chi connectivity index (χ4v) is 2.04. The second-order valence-electron chi connectivity index (χ2n) is 3.98. The van der Waals surface area contributed by atoms with E-state index in [2.05, 4.69) is 10.9 Å². The molecule has 0 saturated carbocycles. The van der Waals surface area contributed by atoms with E-state index in [9.17, 15) is 19.2 Å². The molecule has 3 amide bonds. The van der Waals surface area contributed by atoms with Gasteiger partial charge in [-0.1, -0.05) is 6.07 Å². The number of carbonyl (C=O) groups is 4. The molecule has 0 fully saturated rings. The van der Waals surface area contributed by atoms with Crippen LogP contribution in [0.5, 0.6) is 0 Å². The van der Waals surface area contributed by atoms with Gasteiger partial charge >= 0.3 is 5.97 Å². The van der Waals surface area contributed by atoms with Crippen LogP contribution in [0.1, 0.15) is 9.67 Å². The van der Waals surface area contributed by atoms with Crippen LogP contribution in [0.25, 0.3) is 0 Å². The molecule has 0 unspecified atom stereocenters. The van der Waals surface area contributed by atoms with Gasteiger partial charge in [-0.15, -0.1) is 11.3 Å². The van der Waals surface area contributed by atoms with Crippen LogP contribution in [-0.4, -0.2) is 53.3 Å². The average Bonchev–Trinajstić information content (AvgIpc) is 2.88. The first-order valence-corrected chi connectivity index (χ1v) is 6.61. The van der Waals surface area contributed by atoms with Gasteiger partial charge in [0.15, 0.2) is 0 Å². The van der Waals surface area contributed by atoms with Gasteiger partial charge in [-0.25, -0.2) is 0 Å². The summed E-state index contributed by atoms with van der Waals surface area (Å²) in [7, 11) is 0. The number of primary amides is 1. The minimum absolute atomic E-state index is 0.376. The van der Waals surface area contributed by atoms with Crippen LogP contribution in [0.3, 0.4) is 0 Å². The molecular weight excluding hydrogens is 300 g/mol. The molecular formula is C11H14N4O5S. The highest BCUT2D eigenvalue weighted by molar-refractivity contribution is 7.12. The molecule has 0 radical (unpaired) electrons. The van der Waals surface area contributed by atoms with Crippen molar-refractivity contribution in [2.75, 3.05) is 19.6 Å². The third kappa shape index (κ3) is 6.49. The third-order valence-corrected chi connectivity index (χ3v) is 3.03. The van der Waals surface area contributed by atoms with Crippen LogP contribution in [-0.2, 0) is 14.4 Å². The summed E-state index contributed by atoms with van der Waals surface area (Å²) in [5.74, 6) is -3.11. The number of aliphatic carboxylic acids is 1. The predicted octanol–water partition coefficient (Wildman–Crippen LogP) is -1.62. The summed E-state index contributed by atoms with van der Waals surface area (Å²) in [6.45, 7) is -1.28. The van der Waals surface area contributed by atoms with Gasteiger partial charge in [0.25, 0.3) is 11.8 Å². The highest BCUT2D eigenvalue weighted by Crippen LogP contribution is 2.06. The molecule has 1 heterocycles. The Kier molecular flexibility index (Phi) is 6.30. The van der Waals surface area contributed by atoms with Crippen molar-refractivity contribution in [2.24, 2.45) is 5.73 Å². The Hall–Kier alpha value is -2.46. The van der Waals surface area contributed by atoms with Gasteiger partial charge in [0, 0.05) is 0 Å². The maximum absolute atomic E-state index is 11.6. The molecule has 1 rings (SSSR count). The fourth-order valence-electron chi connectivity index (χ4n) is 1.42. The number of carboxylic acids is 1. The van der Waals surface area contributed by atoms with E-state index in [1.54, 1.807) is 17.5 Å². The second kappa shape index (κ2) is 7.97. The number of carboxylic acid groups (broad SMARTS) is 1. The minimum atomic E-state index is -1.20. The van der Waals surface area contributed by atoms with Crippen molar-refractivity contribution in [3.8, 4) is 0 Å². The van der Waals surface area contributed by atoms with Gasteiger partial charge in [0.2, 0.25) is 5.91 Å². The number of thiophene rings is 1. The van der Waals surface area contributed by atoms with Crippen molar-refractivity contribution in [1.29, 1.82) is 0 Å². The molecule has 9 nitrogen and oxygen atoms in total. The molecule has 5 N–H and O–H groups in total. The molecule has 0 atom stereocenters. The Bertz CT molecular complexity index is 515. The number of hydrazine groups is 1. The Morgan fingerprint density at radius 1 is 1.19 bits per heavy atom.